The van der Waals surface area contributed by atoms with Gasteiger partial charge in [0.05, 0.1) is 4.90 Å². The van der Waals surface area contributed by atoms with E-state index in [2.05, 4.69) is 15.4 Å². The molecule has 0 aliphatic carbocycles. The SMILES string of the molecule is CCCNC(=O)CCC(=O)Nc1ccc(C)c(S(=O)(=O)Nc2cccc(C)c2)c1. The quantitative estimate of drug-likeness (QED) is 0.582. The third kappa shape index (κ3) is 6.90. The number of aryl methyl sites for hydroxylation is 2. The van der Waals surface area contributed by atoms with Crippen molar-refractivity contribution in [1.29, 1.82) is 0 Å². The van der Waals surface area contributed by atoms with E-state index in [-0.39, 0.29) is 29.6 Å². The van der Waals surface area contributed by atoms with Gasteiger partial charge in [-0.15, -0.1) is 0 Å². The minimum atomic E-state index is -3.82. The molecule has 2 aromatic rings. The lowest BCUT2D eigenvalue weighted by Crippen LogP contribution is -2.25. The normalized spacial score (nSPS) is 11.0. The van der Waals surface area contributed by atoms with Gasteiger partial charge in [0.25, 0.3) is 10.0 Å². The topological polar surface area (TPSA) is 104 Å². The third-order valence-electron chi connectivity index (χ3n) is 4.18. The maximum Gasteiger partial charge on any atom is 0.262 e. The maximum atomic E-state index is 12.8. The maximum absolute atomic E-state index is 12.8. The molecule has 0 fully saturated rings. The molecule has 8 heteroatoms. The van der Waals surface area contributed by atoms with Crippen LogP contribution in [0.4, 0.5) is 11.4 Å². The first kappa shape index (κ1) is 22.4. The van der Waals surface area contributed by atoms with E-state index >= 15 is 0 Å². The number of rotatable bonds is 9. The molecule has 2 amide bonds. The summed E-state index contributed by atoms with van der Waals surface area (Å²) in [4.78, 5) is 23.8. The van der Waals surface area contributed by atoms with Gasteiger partial charge >= 0.3 is 0 Å². The standard InChI is InChI=1S/C21H27N3O4S/c1-4-12-22-20(25)10-11-21(26)23-17-9-8-16(3)19(14-17)29(27,28)24-18-7-5-6-15(2)13-18/h5-9,13-14,24H,4,10-12H2,1-3H3,(H,22,25)(H,23,26). The summed E-state index contributed by atoms with van der Waals surface area (Å²) < 4.78 is 28.2. The molecule has 0 aliphatic heterocycles. The first-order valence-corrected chi connectivity index (χ1v) is 11.0. The fraction of sp³-hybridized carbons (Fsp3) is 0.333. The van der Waals surface area contributed by atoms with Gasteiger partial charge in [0.1, 0.15) is 0 Å². The van der Waals surface area contributed by atoms with Gasteiger partial charge in [0.15, 0.2) is 0 Å². The number of carbonyl (C=O) groups is 2. The van der Waals surface area contributed by atoms with Crippen molar-refractivity contribution < 1.29 is 18.0 Å². The summed E-state index contributed by atoms with van der Waals surface area (Å²) in [6.45, 7) is 6.09. The first-order chi connectivity index (χ1) is 13.7. The Morgan fingerprint density at radius 1 is 0.931 bits per heavy atom. The lowest BCUT2D eigenvalue weighted by Gasteiger charge is -2.13. The monoisotopic (exact) mass is 417 g/mol. The summed E-state index contributed by atoms with van der Waals surface area (Å²) in [5, 5.41) is 5.36. The van der Waals surface area contributed by atoms with Gasteiger partial charge in [-0.05, 0) is 55.7 Å². The fourth-order valence-electron chi connectivity index (χ4n) is 2.69. The van der Waals surface area contributed by atoms with E-state index in [0.29, 0.717) is 23.5 Å². The number of anilines is 2. The molecule has 0 heterocycles. The molecule has 156 valence electrons. The van der Waals surface area contributed by atoms with E-state index < -0.39 is 10.0 Å². The van der Waals surface area contributed by atoms with Crippen molar-refractivity contribution in [3.63, 3.8) is 0 Å². The highest BCUT2D eigenvalue weighted by Gasteiger charge is 2.18. The van der Waals surface area contributed by atoms with E-state index in [1.807, 2.05) is 19.9 Å². The second-order valence-electron chi connectivity index (χ2n) is 6.85. The van der Waals surface area contributed by atoms with E-state index in [0.717, 1.165) is 12.0 Å². The van der Waals surface area contributed by atoms with Crippen molar-refractivity contribution in [3.05, 3.63) is 53.6 Å². The molecule has 0 unspecified atom stereocenters. The Labute approximate surface area is 172 Å². The largest absolute Gasteiger partial charge is 0.356 e. The number of carbonyl (C=O) groups excluding carboxylic acids is 2. The van der Waals surface area contributed by atoms with E-state index in [1.165, 1.54) is 6.07 Å². The molecule has 3 N–H and O–H groups in total. The van der Waals surface area contributed by atoms with Crippen LogP contribution in [0.25, 0.3) is 0 Å². The van der Waals surface area contributed by atoms with E-state index in [1.54, 1.807) is 37.3 Å². The molecule has 0 bridgehead atoms. The first-order valence-electron chi connectivity index (χ1n) is 9.48. The molecular formula is C21H27N3O4S. The van der Waals surface area contributed by atoms with Gasteiger partial charge in [-0.2, -0.15) is 0 Å². The number of sulfonamides is 1. The van der Waals surface area contributed by atoms with Gasteiger partial charge in [0, 0.05) is 30.8 Å². The van der Waals surface area contributed by atoms with Crippen LogP contribution >= 0.6 is 0 Å². The van der Waals surface area contributed by atoms with Gasteiger partial charge < -0.3 is 10.6 Å². The van der Waals surface area contributed by atoms with Gasteiger partial charge in [-0.3, -0.25) is 14.3 Å². The second kappa shape index (κ2) is 10.1. The lowest BCUT2D eigenvalue weighted by molar-refractivity contribution is -0.124. The minimum absolute atomic E-state index is 0.0209. The molecule has 29 heavy (non-hydrogen) atoms. The molecule has 2 rings (SSSR count). The zero-order valence-electron chi connectivity index (χ0n) is 16.9. The Hall–Kier alpha value is -2.87. The Morgan fingerprint density at radius 3 is 2.34 bits per heavy atom. The van der Waals surface area contributed by atoms with Gasteiger partial charge in [0.2, 0.25) is 11.8 Å². The predicted molar refractivity (Wildman–Crippen MR) is 114 cm³/mol. The zero-order chi connectivity index (χ0) is 21.4. The summed E-state index contributed by atoms with van der Waals surface area (Å²) in [5.74, 6) is -0.535. The molecule has 0 saturated carbocycles. The lowest BCUT2D eigenvalue weighted by atomic mass is 10.2. The number of amides is 2. The molecule has 0 atom stereocenters. The van der Waals surface area contributed by atoms with Crippen LogP contribution in [0, 0.1) is 13.8 Å². The number of hydrogen-bond donors (Lipinski definition) is 3. The van der Waals surface area contributed by atoms with Crippen LogP contribution in [0.3, 0.4) is 0 Å². The van der Waals surface area contributed by atoms with Crippen LogP contribution in [0.2, 0.25) is 0 Å². The molecular weight excluding hydrogens is 390 g/mol. The van der Waals surface area contributed by atoms with Crippen molar-refractivity contribution in [3.8, 4) is 0 Å². The zero-order valence-corrected chi connectivity index (χ0v) is 17.7. The number of hydrogen-bond acceptors (Lipinski definition) is 4. The van der Waals surface area contributed by atoms with E-state index in [9.17, 15) is 18.0 Å². The fourth-order valence-corrected chi connectivity index (χ4v) is 4.01. The average Bonchev–Trinajstić information content (AvgIpc) is 2.65. The average molecular weight is 418 g/mol. The van der Waals surface area contributed by atoms with Crippen molar-refractivity contribution in [2.24, 2.45) is 0 Å². The molecule has 2 aromatic carbocycles. The Bertz CT molecular complexity index is 987. The third-order valence-corrected chi connectivity index (χ3v) is 5.71. The van der Waals surface area contributed by atoms with Crippen molar-refractivity contribution in [2.45, 2.75) is 44.9 Å². The summed E-state index contributed by atoms with van der Waals surface area (Å²) >= 11 is 0. The van der Waals surface area contributed by atoms with Gasteiger partial charge in [-0.1, -0.05) is 25.1 Å². The predicted octanol–water partition coefficient (Wildman–Crippen LogP) is 3.35. The highest BCUT2D eigenvalue weighted by molar-refractivity contribution is 7.92. The Balaban J connectivity index is 2.08. The van der Waals surface area contributed by atoms with Crippen molar-refractivity contribution >= 4 is 33.2 Å². The molecule has 7 nitrogen and oxygen atoms in total. The van der Waals surface area contributed by atoms with Crippen LogP contribution in [-0.4, -0.2) is 26.8 Å². The van der Waals surface area contributed by atoms with Gasteiger partial charge in [-0.25, -0.2) is 8.42 Å². The van der Waals surface area contributed by atoms with Crippen molar-refractivity contribution in [1.82, 2.24) is 5.32 Å². The second-order valence-corrected chi connectivity index (χ2v) is 8.50. The Morgan fingerprint density at radius 2 is 1.66 bits per heavy atom. The molecule has 0 aliphatic rings. The molecule has 0 radical (unpaired) electrons. The highest BCUT2D eigenvalue weighted by atomic mass is 32.2. The van der Waals surface area contributed by atoms with Crippen LogP contribution in [-0.2, 0) is 19.6 Å². The number of benzene rings is 2. The minimum Gasteiger partial charge on any atom is -0.356 e. The Kier molecular flexibility index (Phi) is 7.78. The summed E-state index contributed by atoms with van der Waals surface area (Å²) in [6, 6.07) is 11.7. The van der Waals surface area contributed by atoms with E-state index in [4.69, 9.17) is 0 Å². The molecule has 0 saturated heterocycles. The summed E-state index contributed by atoms with van der Waals surface area (Å²) in [5.41, 5.74) is 2.32. The van der Waals surface area contributed by atoms with Crippen LogP contribution in [0.15, 0.2) is 47.4 Å². The number of nitrogens with one attached hydrogen (secondary N) is 3. The molecule has 0 aromatic heterocycles. The van der Waals surface area contributed by atoms with Crippen LogP contribution < -0.4 is 15.4 Å². The highest BCUT2D eigenvalue weighted by Crippen LogP contribution is 2.23. The summed E-state index contributed by atoms with van der Waals surface area (Å²) in [6.07, 6.45) is 0.931. The van der Waals surface area contributed by atoms with Crippen molar-refractivity contribution in [2.75, 3.05) is 16.6 Å². The smallest absolute Gasteiger partial charge is 0.262 e. The molecule has 0 spiro atoms. The summed E-state index contributed by atoms with van der Waals surface area (Å²) in [7, 11) is -3.82. The van der Waals surface area contributed by atoms with Crippen LogP contribution in [0.5, 0.6) is 0 Å². The van der Waals surface area contributed by atoms with Crippen LogP contribution in [0.1, 0.15) is 37.3 Å².